The molecule has 104 valence electrons. The van der Waals surface area contributed by atoms with Crippen LogP contribution < -0.4 is 10.6 Å². The molecule has 1 amide bonds. The standard InChI is InChI=1S/C14H18Br2N2O/c1-8-6-10(15)13(11(16)7-8)18-14(19)12-9(2)4-3-5-17-12/h6-7,9,12,17H,3-5H2,1-2H3,(H,18,19). The number of hydrogen-bond acceptors (Lipinski definition) is 2. The second kappa shape index (κ2) is 6.37. The third-order valence-electron chi connectivity index (χ3n) is 3.49. The van der Waals surface area contributed by atoms with Crippen LogP contribution in [-0.2, 0) is 4.79 Å². The number of anilines is 1. The van der Waals surface area contributed by atoms with E-state index in [9.17, 15) is 4.79 Å². The van der Waals surface area contributed by atoms with E-state index in [1.807, 2.05) is 19.1 Å². The van der Waals surface area contributed by atoms with Crippen molar-refractivity contribution in [3.63, 3.8) is 0 Å². The van der Waals surface area contributed by atoms with Crippen molar-refractivity contribution in [2.45, 2.75) is 32.7 Å². The molecule has 2 unspecified atom stereocenters. The molecule has 0 saturated carbocycles. The van der Waals surface area contributed by atoms with E-state index in [0.29, 0.717) is 5.92 Å². The van der Waals surface area contributed by atoms with Crippen LogP contribution in [0.1, 0.15) is 25.3 Å². The first-order chi connectivity index (χ1) is 8.99. The third kappa shape index (κ3) is 3.58. The Hall–Kier alpha value is -0.390. The lowest BCUT2D eigenvalue weighted by Crippen LogP contribution is -2.48. The van der Waals surface area contributed by atoms with Gasteiger partial charge in [-0.25, -0.2) is 0 Å². The number of halogens is 2. The second-order valence-electron chi connectivity index (χ2n) is 5.14. The van der Waals surface area contributed by atoms with Crippen LogP contribution in [0.5, 0.6) is 0 Å². The van der Waals surface area contributed by atoms with Crippen molar-refractivity contribution in [3.05, 3.63) is 26.6 Å². The number of nitrogens with one attached hydrogen (secondary N) is 2. The number of hydrogen-bond donors (Lipinski definition) is 2. The monoisotopic (exact) mass is 388 g/mol. The minimum atomic E-state index is -0.103. The zero-order valence-electron chi connectivity index (χ0n) is 11.1. The van der Waals surface area contributed by atoms with Crippen molar-refractivity contribution in [1.29, 1.82) is 0 Å². The Morgan fingerprint density at radius 3 is 2.58 bits per heavy atom. The molecule has 5 heteroatoms. The van der Waals surface area contributed by atoms with Gasteiger partial charge in [-0.3, -0.25) is 4.79 Å². The zero-order chi connectivity index (χ0) is 14.0. The Kier molecular flexibility index (Phi) is 5.03. The van der Waals surface area contributed by atoms with Crippen LogP contribution >= 0.6 is 31.9 Å². The van der Waals surface area contributed by atoms with Gasteiger partial charge < -0.3 is 10.6 Å². The Bertz CT molecular complexity index is 467. The first-order valence-electron chi connectivity index (χ1n) is 6.49. The minimum Gasteiger partial charge on any atom is -0.323 e. The first-order valence-corrected chi connectivity index (χ1v) is 8.07. The largest absolute Gasteiger partial charge is 0.323 e. The number of rotatable bonds is 2. The summed E-state index contributed by atoms with van der Waals surface area (Å²) in [5.74, 6) is 0.411. The van der Waals surface area contributed by atoms with Crippen molar-refractivity contribution in [1.82, 2.24) is 5.32 Å². The fourth-order valence-electron chi connectivity index (χ4n) is 2.42. The molecule has 0 aliphatic carbocycles. The van der Waals surface area contributed by atoms with Gasteiger partial charge in [0.2, 0.25) is 5.91 Å². The summed E-state index contributed by atoms with van der Waals surface area (Å²) < 4.78 is 1.80. The maximum absolute atomic E-state index is 12.4. The van der Waals surface area contributed by atoms with Crippen LogP contribution in [0.3, 0.4) is 0 Å². The van der Waals surface area contributed by atoms with Gasteiger partial charge >= 0.3 is 0 Å². The van der Waals surface area contributed by atoms with Crippen LogP contribution in [0.4, 0.5) is 5.69 Å². The summed E-state index contributed by atoms with van der Waals surface area (Å²) in [4.78, 5) is 12.4. The predicted molar refractivity (Wildman–Crippen MR) is 85.4 cm³/mol. The molecular weight excluding hydrogens is 372 g/mol. The third-order valence-corrected chi connectivity index (χ3v) is 4.74. The zero-order valence-corrected chi connectivity index (χ0v) is 14.3. The molecule has 0 aromatic heterocycles. The van der Waals surface area contributed by atoms with E-state index in [2.05, 4.69) is 49.4 Å². The molecule has 19 heavy (non-hydrogen) atoms. The molecule has 2 rings (SSSR count). The van der Waals surface area contributed by atoms with Gasteiger partial charge in [0.25, 0.3) is 0 Å². The van der Waals surface area contributed by atoms with E-state index < -0.39 is 0 Å². The van der Waals surface area contributed by atoms with Gasteiger partial charge in [0.15, 0.2) is 0 Å². The summed E-state index contributed by atoms with van der Waals surface area (Å²) >= 11 is 7.00. The van der Waals surface area contributed by atoms with Crippen LogP contribution in [0.15, 0.2) is 21.1 Å². The van der Waals surface area contributed by atoms with E-state index in [0.717, 1.165) is 39.6 Å². The molecule has 2 atom stereocenters. The van der Waals surface area contributed by atoms with Gasteiger partial charge in [-0.1, -0.05) is 6.92 Å². The number of carbonyl (C=O) groups is 1. The Balaban J connectivity index is 2.14. The first kappa shape index (κ1) is 15.0. The molecule has 3 nitrogen and oxygen atoms in total. The van der Waals surface area contributed by atoms with Crippen molar-refractivity contribution in [3.8, 4) is 0 Å². The highest BCUT2D eigenvalue weighted by atomic mass is 79.9. The highest BCUT2D eigenvalue weighted by molar-refractivity contribution is 9.11. The summed E-state index contributed by atoms with van der Waals surface area (Å²) in [6, 6.07) is 3.89. The highest BCUT2D eigenvalue weighted by Gasteiger charge is 2.28. The van der Waals surface area contributed by atoms with E-state index in [-0.39, 0.29) is 11.9 Å². The van der Waals surface area contributed by atoms with Crippen molar-refractivity contribution in [2.75, 3.05) is 11.9 Å². The fraction of sp³-hybridized carbons (Fsp3) is 0.500. The molecule has 1 aliphatic heterocycles. The lowest BCUT2D eigenvalue weighted by atomic mass is 9.92. The fourth-order valence-corrected chi connectivity index (χ4v) is 4.03. The van der Waals surface area contributed by atoms with E-state index in [1.54, 1.807) is 0 Å². The van der Waals surface area contributed by atoms with Gasteiger partial charge in [-0.2, -0.15) is 0 Å². The number of benzene rings is 1. The van der Waals surface area contributed by atoms with Crippen molar-refractivity contribution >= 4 is 43.5 Å². The topological polar surface area (TPSA) is 41.1 Å². The normalized spacial score (nSPS) is 23.2. The van der Waals surface area contributed by atoms with Crippen molar-refractivity contribution < 1.29 is 4.79 Å². The molecule has 1 aliphatic rings. The molecule has 1 aromatic carbocycles. The van der Waals surface area contributed by atoms with Gasteiger partial charge in [-0.15, -0.1) is 0 Å². The summed E-state index contributed by atoms with van der Waals surface area (Å²) in [6.07, 6.45) is 2.24. The summed E-state index contributed by atoms with van der Waals surface area (Å²) in [5.41, 5.74) is 1.94. The van der Waals surface area contributed by atoms with E-state index >= 15 is 0 Å². The van der Waals surface area contributed by atoms with E-state index in [1.165, 1.54) is 0 Å². The number of amides is 1. The minimum absolute atomic E-state index is 0.0393. The molecule has 0 spiro atoms. The van der Waals surface area contributed by atoms with Crippen LogP contribution in [0, 0.1) is 12.8 Å². The Morgan fingerprint density at radius 1 is 1.37 bits per heavy atom. The summed E-state index contributed by atoms with van der Waals surface area (Å²) in [5, 5.41) is 6.31. The molecular formula is C14H18Br2N2O. The number of piperidine rings is 1. The molecule has 2 N–H and O–H groups in total. The Morgan fingerprint density at radius 2 is 2.00 bits per heavy atom. The average molecular weight is 390 g/mol. The van der Waals surface area contributed by atoms with Gasteiger partial charge in [-0.05, 0) is 81.8 Å². The lowest BCUT2D eigenvalue weighted by molar-refractivity contribution is -0.119. The van der Waals surface area contributed by atoms with Gasteiger partial charge in [0, 0.05) is 8.95 Å². The smallest absolute Gasteiger partial charge is 0.241 e. The molecule has 1 saturated heterocycles. The van der Waals surface area contributed by atoms with Crippen molar-refractivity contribution in [2.24, 2.45) is 5.92 Å². The van der Waals surface area contributed by atoms with Crippen LogP contribution in [0.2, 0.25) is 0 Å². The molecule has 0 bridgehead atoms. The predicted octanol–water partition coefficient (Wildman–Crippen LogP) is 3.85. The number of carbonyl (C=O) groups excluding carboxylic acids is 1. The van der Waals surface area contributed by atoms with Crippen LogP contribution in [0.25, 0.3) is 0 Å². The van der Waals surface area contributed by atoms with E-state index in [4.69, 9.17) is 0 Å². The summed E-state index contributed by atoms with van der Waals surface area (Å²) in [6.45, 7) is 5.06. The molecule has 1 heterocycles. The molecule has 0 radical (unpaired) electrons. The van der Waals surface area contributed by atoms with Gasteiger partial charge in [0.1, 0.15) is 0 Å². The van der Waals surface area contributed by atoms with Crippen LogP contribution in [-0.4, -0.2) is 18.5 Å². The molecule has 1 fully saturated rings. The SMILES string of the molecule is Cc1cc(Br)c(NC(=O)C2NCCCC2C)c(Br)c1. The maximum Gasteiger partial charge on any atom is 0.241 e. The molecule has 1 aromatic rings. The summed E-state index contributed by atoms with van der Waals surface area (Å²) in [7, 11) is 0. The highest BCUT2D eigenvalue weighted by Crippen LogP contribution is 2.32. The maximum atomic E-state index is 12.4. The number of aryl methyl sites for hydroxylation is 1. The lowest BCUT2D eigenvalue weighted by Gasteiger charge is -2.29. The quantitative estimate of drug-likeness (QED) is 0.806. The Labute approximate surface area is 130 Å². The average Bonchev–Trinajstić information content (AvgIpc) is 2.34. The second-order valence-corrected chi connectivity index (χ2v) is 6.85. The van der Waals surface area contributed by atoms with Gasteiger partial charge in [0.05, 0.1) is 11.7 Å².